The average Bonchev–Trinajstić information content (AvgIpc) is 2.15. The Balaban J connectivity index is 2.39. The highest BCUT2D eigenvalue weighted by molar-refractivity contribution is 5.84. The van der Waals surface area contributed by atoms with Crippen molar-refractivity contribution in [2.75, 3.05) is 6.61 Å². The first-order chi connectivity index (χ1) is 6.97. The summed E-state index contributed by atoms with van der Waals surface area (Å²) < 4.78 is 41.6. The predicted octanol–water partition coefficient (Wildman–Crippen LogP) is 1.60. The molecular formula is C9H6F3NO2. The van der Waals surface area contributed by atoms with Crippen molar-refractivity contribution in [2.45, 2.75) is 12.6 Å². The van der Waals surface area contributed by atoms with Crippen LogP contribution in [0.15, 0.2) is 12.1 Å². The second kappa shape index (κ2) is 3.22. The third-order valence-corrected chi connectivity index (χ3v) is 1.99. The molecule has 1 aliphatic heterocycles. The minimum Gasteiger partial charge on any atom is -0.469 e. The number of Topliss-reactive ketones (excluding diaryl/α,β-unsaturated/α-hetero) is 1. The van der Waals surface area contributed by atoms with Gasteiger partial charge in [-0.3, -0.25) is 4.79 Å². The molecule has 0 aromatic carbocycles. The summed E-state index contributed by atoms with van der Waals surface area (Å²) in [6.07, 6.45) is -4.40. The van der Waals surface area contributed by atoms with Crippen LogP contribution in [0.2, 0.25) is 0 Å². The predicted molar refractivity (Wildman–Crippen MR) is 43.4 cm³/mol. The molecule has 80 valence electrons. The van der Waals surface area contributed by atoms with E-state index in [1.807, 2.05) is 0 Å². The molecule has 0 bridgehead atoms. The average molecular weight is 217 g/mol. The number of hydrogen-bond donors (Lipinski definition) is 0. The zero-order valence-electron chi connectivity index (χ0n) is 7.47. The van der Waals surface area contributed by atoms with E-state index in [0.29, 0.717) is 5.56 Å². The molecule has 1 aromatic rings. The number of aromatic nitrogens is 1. The van der Waals surface area contributed by atoms with Gasteiger partial charge in [-0.05, 0) is 6.07 Å². The van der Waals surface area contributed by atoms with Gasteiger partial charge in [0.1, 0.15) is 12.3 Å². The van der Waals surface area contributed by atoms with Crippen LogP contribution in [0, 0.1) is 0 Å². The number of ketones is 1. The normalized spacial score (nSPS) is 15.8. The SMILES string of the molecule is O=C1COc2nc(C(F)(F)F)ccc2C1. The van der Waals surface area contributed by atoms with Crippen molar-refractivity contribution in [3.8, 4) is 5.88 Å². The summed E-state index contributed by atoms with van der Waals surface area (Å²) in [5.41, 5.74) is -0.602. The summed E-state index contributed by atoms with van der Waals surface area (Å²) in [6.45, 7) is -0.207. The van der Waals surface area contributed by atoms with Crippen LogP contribution in [-0.4, -0.2) is 17.4 Å². The highest BCUT2D eigenvalue weighted by Crippen LogP contribution is 2.31. The molecule has 2 heterocycles. The maximum atomic E-state index is 12.2. The van der Waals surface area contributed by atoms with Gasteiger partial charge in [-0.1, -0.05) is 6.07 Å². The van der Waals surface area contributed by atoms with Gasteiger partial charge in [0.15, 0.2) is 5.78 Å². The van der Waals surface area contributed by atoms with E-state index in [0.717, 1.165) is 6.07 Å². The van der Waals surface area contributed by atoms with E-state index in [4.69, 9.17) is 4.74 Å². The van der Waals surface area contributed by atoms with Crippen LogP contribution < -0.4 is 4.74 Å². The molecule has 1 aliphatic rings. The van der Waals surface area contributed by atoms with Crippen LogP contribution in [0.25, 0.3) is 0 Å². The fraction of sp³-hybridized carbons (Fsp3) is 0.333. The smallest absolute Gasteiger partial charge is 0.433 e. The Morgan fingerprint density at radius 3 is 2.73 bits per heavy atom. The molecule has 6 heteroatoms. The summed E-state index contributed by atoms with van der Waals surface area (Å²) in [5.74, 6) is -0.256. The standard InChI is InChI=1S/C9H6F3NO2/c10-9(11,12)7-2-1-5-3-6(14)4-15-8(5)13-7/h1-2H,3-4H2. The molecule has 3 nitrogen and oxygen atoms in total. The maximum Gasteiger partial charge on any atom is 0.433 e. The molecule has 15 heavy (non-hydrogen) atoms. The van der Waals surface area contributed by atoms with Gasteiger partial charge in [0.25, 0.3) is 0 Å². The molecule has 0 aliphatic carbocycles. The zero-order valence-corrected chi connectivity index (χ0v) is 7.47. The largest absolute Gasteiger partial charge is 0.469 e. The highest BCUT2D eigenvalue weighted by Gasteiger charge is 2.34. The summed E-state index contributed by atoms with van der Waals surface area (Å²) in [6, 6.07) is 2.07. The fourth-order valence-electron chi connectivity index (χ4n) is 1.30. The van der Waals surface area contributed by atoms with Crippen molar-refractivity contribution < 1.29 is 22.7 Å². The number of halogens is 3. The number of rotatable bonds is 0. The Kier molecular flexibility index (Phi) is 2.13. The van der Waals surface area contributed by atoms with Crippen LogP contribution in [0.1, 0.15) is 11.3 Å². The van der Waals surface area contributed by atoms with E-state index in [9.17, 15) is 18.0 Å². The van der Waals surface area contributed by atoms with Crippen LogP contribution in [0.4, 0.5) is 13.2 Å². The van der Waals surface area contributed by atoms with Crippen molar-refractivity contribution in [1.82, 2.24) is 4.98 Å². The molecule has 0 atom stereocenters. The minimum absolute atomic E-state index is 0.0838. The first kappa shape index (κ1) is 9.95. The van der Waals surface area contributed by atoms with Gasteiger partial charge >= 0.3 is 6.18 Å². The second-order valence-corrected chi connectivity index (χ2v) is 3.16. The number of nitrogens with zero attached hydrogens (tertiary/aromatic N) is 1. The molecule has 0 saturated heterocycles. The van der Waals surface area contributed by atoms with Crippen molar-refractivity contribution in [2.24, 2.45) is 0 Å². The van der Waals surface area contributed by atoms with Crippen LogP contribution in [-0.2, 0) is 17.4 Å². The van der Waals surface area contributed by atoms with Crippen molar-refractivity contribution in [3.63, 3.8) is 0 Å². The fourth-order valence-corrected chi connectivity index (χ4v) is 1.30. The Bertz CT molecular complexity index is 414. The van der Waals surface area contributed by atoms with Gasteiger partial charge in [-0.15, -0.1) is 0 Å². The summed E-state index contributed by atoms with van der Waals surface area (Å²) >= 11 is 0. The lowest BCUT2D eigenvalue weighted by Gasteiger charge is -2.16. The molecule has 2 rings (SSSR count). The van der Waals surface area contributed by atoms with Crippen molar-refractivity contribution in [3.05, 3.63) is 23.4 Å². The van der Waals surface area contributed by atoms with E-state index in [1.54, 1.807) is 0 Å². The van der Waals surface area contributed by atoms with E-state index in [1.165, 1.54) is 6.07 Å². The minimum atomic E-state index is -4.49. The number of hydrogen-bond acceptors (Lipinski definition) is 3. The van der Waals surface area contributed by atoms with Gasteiger partial charge in [-0.2, -0.15) is 13.2 Å². The van der Waals surface area contributed by atoms with Crippen molar-refractivity contribution >= 4 is 5.78 Å². The lowest BCUT2D eigenvalue weighted by molar-refractivity contribution is -0.141. The number of carbonyl (C=O) groups is 1. The van der Waals surface area contributed by atoms with Gasteiger partial charge < -0.3 is 4.74 Å². The molecular weight excluding hydrogens is 211 g/mol. The molecule has 0 fully saturated rings. The molecule has 0 unspecified atom stereocenters. The molecule has 1 aromatic heterocycles. The lowest BCUT2D eigenvalue weighted by atomic mass is 10.1. The van der Waals surface area contributed by atoms with E-state index < -0.39 is 11.9 Å². The topological polar surface area (TPSA) is 39.2 Å². The molecule has 0 spiro atoms. The number of alkyl halides is 3. The summed E-state index contributed by atoms with van der Waals surface area (Å²) in [5, 5.41) is 0. The van der Waals surface area contributed by atoms with Crippen LogP contribution in [0.5, 0.6) is 5.88 Å². The summed E-state index contributed by atoms with van der Waals surface area (Å²) in [7, 11) is 0. The molecule has 0 N–H and O–H groups in total. The number of carbonyl (C=O) groups excluding carboxylic acids is 1. The third kappa shape index (κ3) is 1.93. The quantitative estimate of drug-likeness (QED) is 0.662. The summed E-state index contributed by atoms with van der Waals surface area (Å²) in [4.78, 5) is 14.3. The van der Waals surface area contributed by atoms with Gasteiger partial charge in [0.05, 0.1) is 0 Å². The van der Waals surface area contributed by atoms with Gasteiger partial charge in [0.2, 0.25) is 5.88 Å². The Hall–Kier alpha value is -1.59. The van der Waals surface area contributed by atoms with E-state index in [2.05, 4.69) is 4.98 Å². The highest BCUT2D eigenvalue weighted by atomic mass is 19.4. The molecule has 0 saturated carbocycles. The third-order valence-electron chi connectivity index (χ3n) is 1.99. The molecule has 0 radical (unpaired) electrons. The Morgan fingerprint density at radius 2 is 2.07 bits per heavy atom. The monoisotopic (exact) mass is 217 g/mol. The Morgan fingerprint density at radius 1 is 1.33 bits per heavy atom. The van der Waals surface area contributed by atoms with Crippen LogP contribution >= 0.6 is 0 Å². The first-order valence-electron chi connectivity index (χ1n) is 4.18. The second-order valence-electron chi connectivity index (χ2n) is 3.16. The van der Waals surface area contributed by atoms with Gasteiger partial charge in [0, 0.05) is 12.0 Å². The maximum absolute atomic E-state index is 12.2. The van der Waals surface area contributed by atoms with E-state index >= 15 is 0 Å². The number of ether oxygens (including phenoxy) is 1. The van der Waals surface area contributed by atoms with E-state index in [-0.39, 0.29) is 24.7 Å². The van der Waals surface area contributed by atoms with Gasteiger partial charge in [-0.25, -0.2) is 4.98 Å². The number of fused-ring (bicyclic) bond motifs is 1. The molecule has 0 amide bonds. The first-order valence-corrected chi connectivity index (χ1v) is 4.18. The Labute approximate surface area is 82.9 Å². The van der Waals surface area contributed by atoms with Crippen molar-refractivity contribution in [1.29, 1.82) is 0 Å². The zero-order chi connectivity index (χ0) is 11.1. The number of pyridine rings is 1. The lowest BCUT2D eigenvalue weighted by Crippen LogP contribution is -2.22. The van der Waals surface area contributed by atoms with Crippen LogP contribution in [0.3, 0.4) is 0 Å².